The maximum Gasteiger partial charge on any atom is 0.373 e. The molecule has 9 nitrogen and oxygen atoms in total. The molecule has 1 aliphatic rings. The van der Waals surface area contributed by atoms with E-state index in [-0.39, 0.29) is 23.8 Å². The number of nitrogens with zero attached hydrogens (tertiary/aromatic N) is 1. The Hall–Kier alpha value is -2.79. The minimum absolute atomic E-state index is 0.0184. The first-order chi connectivity index (χ1) is 15.9. The van der Waals surface area contributed by atoms with Gasteiger partial charge in [-0.2, -0.15) is 0 Å². The monoisotopic (exact) mass is 598 g/mol. The molecule has 1 aliphatic heterocycles. The van der Waals surface area contributed by atoms with E-state index in [1.807, 2.05) is 27.7 Å². The molecule has 1 saturated heterocycles. The average molecular weight is 600 g/mol. The van der Waals surface area contributed by atoms with Crippen LogP contribution < -0.4 is 14.8 Å². The predicted octanol–water partition coefficient (Wildman–Crippen LogP) is 5.26. The van der Waals surface area contributed by atoms with Gasteiger partial charge in [-0.1, -0.05) is 0 Å². The molecule has 0 bridgehead atoms. The molecule has 11 heteroatoms. The second kappa shape index (κ2) is 10.2. The van der Waals surface area contributed by atoms with Gasteiger partial charge in [0.1, 0.15) is 17.1 Å². The Labute approximate surface area is 213 Å². The number of rotatable bonds is 7. The molecule has 1 aromatic carbocycles. The number of furan rings is 1. The smallest absolute Gasteiger partial charge is 0.373 e. The van der Waals surface area contributed by atoms with Crippen molar-refractivity contribution in [2.75, 3.05) is 13.7 Å². The van der Waals surface area contributed by atoms with Gasteiger partial charge in [-0.25, -0.2) is 9.59 Å². The van der Waals surface area contributed by atoms with Gasteiger partial charge in [0.05, 0.1) is 24.7 Å². The van der Waals surface area contributed by atoms with Crippen LogP contribution in [-0.2, 0) is 16.1 Å². The van der Waals surface area contributed by atoms with Crippen LogP contribution in [0.3, 0.4) is 0 Å². The average Bonchev–Trinajstić information content (AvgIpc) is 3.34. The molecule has 0 spiro atoms. The van der Waals surface area contributed by atoms with E-state index in [1.54, 1.807) is 12.1 Å². The molecule has 0 atom stereocenters. The minimum atomic E-state index is -0.650. The van der Waals surface area contributed by atoms with E-state index in [4.69, 9.17) is 13.9 Å². The molecule has 1 N–H and O–H groups in total. The minimum Gasteiger partial charge on any atom is -0.490 e. The Morgan fingerprint density at radius 2 is 1.91 bits per heavy atom. The van der Waals surface area contributed by atoms with Crippen LogP contribution in [0.2, 0.25) is 0 Å². The summed E-state index contributed by atoms with van der Waals surface area (Å²) in [5.41, 5.74) is 0.195. The molecular weight excluding hydrogens is 576 g/mol. The predicted molar refractivity (Wildman–Crippen MR) is 130 cm³/mol. The highest BCUT2D eigenvalue weighted by molar-refractivity contribution is 9.13. The van der Waals surface area contributed by atoms with Crippen LogP contribution in [0.1, 0.15) is 49.6 Å². The van der Waals surface area contributed by atoms with E-state index in [1.165, 1.54) is 19.2 Å². The fraction of sp³-hybridized carbons (Fsp3) is 0.348. The number of benzene rings is 1. The fourth-order valence-corrected chi connectivity index (χ4v) is 3.99. The number of imide groups is 1. The van der Waals surface area contributed by atoms with Crippen LogP contribution in [0.15, 0.2) is 37.3 Å². The summed E-state index contributed by atoms with van der Waals surface area (Å²) in [4.78, 5) is 38.0. The Kier molecular flexibility index (Phi) is 7.77. The lowest BCUT2D eigenvalue weighted by atomic mass is 10.1. The third-order valence-corrected chi connectivity index (χ3v) is 6.63. The molecule has 2 aromatic rings. The zero-order valence-corrected chi connectivity index (χ0v) is 22.5. The fourth-order valence-electron chi connectivity index (χ4n) is 3.07. The standard InChI is InChI=1S/C23H24Br2N2O7/c1-6-32-16-10-12(17(24)18(25)19(16)34-23(2,3)4)9-14-20(28)27(22(30)26-14)11-13-7-8-15(33-13)21(29)31-5/h7-10H,6,11H2,1-5H3,(H,26,30)/b14-9-. The lowest BCUT2D eigenvalue weighted by Gasteiger charge is -2.25. The Morgan fingerprint density at radius 3 is 2.53 bits per heavy atom. The van der Waals surface area contributed by atoms with Crippen LogP contribution in [0, 0.1) is 0 Å². The van der Waals surface area contributed by atoms with Crippen molar-refractivity contribution in [2.24, 2.45) is 0 Å². The maximum atomic E-state index is 12.9. The molecule has 182 valence electrons. The van der Waals surface area contributed by atoms with E-state index < -0.39 is 23.5 Å². The SMILES string of the molecule is CCOc1cc(/C=C2\NC(=O)N(Cc3ccc(C(=O)OC)o3)C2=O)c(Br)c(Br)c1OC(C)(C)C. The second-order valence-electron chi connectivity index (χ2n) is 8.21. The highest BCUT2D eigenvalue weighted by Gasteiger charge is 2.35. The van der Waals surface area contributed by atoms with Gasteiger partial charge in [0.15, 0.2) is 11.5 Å². The summed E-state index contributed by atoms with van der Waals surface area (Å²) in [6.45, 7) is 7.89. The summed E-state index contributed by atoms with van der Waals surface area (Å²) in [6, 6.07) is 4.04. The molecule has 0 saturated carbocycles. The van der Waals surface area contributed by atoms with E-state index in [0.29, 0.717) is 32.6 Å². The zero-order valence-electron chi connectivity index (χ0n) is 19.3. The van der Waals surface area contributed by atoms with Crippen LogP contribution in [-0.4, -0.2) is 42.1 Å². The molecule has 3 amide bonds. The number of methoxy groups -OCH3 is 1. The van der Waals surface area contributed by atoms with Gasteiger partial charge in [-0.15, -0.1) is 0 Å². The summed E-state index contributed by atoms with van der Waals surface area (Å²) < 4.78 is 23.0. The summed E-state index contributed by atoms with van der Waals surface area (Å²) in [6.07, 6.45) is 1.54. The molecule has 0 aliphatic carbocycles. The molecule has 1 fully saturated rings. The topological polar surface area (TPSA) is 107 Å². The maximum absolute atomic E-state index is 12.9. The van der Waals surface area contributed by atoms with Gasteiger partial charge in [-0.3, -0.25) is 9.69 Å². The van der Waals surface area contributed by atoms with Crippen molar-refractivity contribution >= 4 is 55.8 Å². The second-order valence-corrected chi connectivity index (χ2v) is 9.79. The van der Waals surface area contributed by atoms with E-state index in [9.17, 15) is 14.4 Å². The normalized spacial score (nSPS) is 15.0. The van der Waals surface area contributed by atoms with Crippen LogP contribution in [0.5, 0.6) is 11.5 Å². The third-order valence-electron chi connectivity index (χ3n) is 4.49. The van der Waals surface area contributed by atoms with E-state index >= 15 is 0 Å². The summed E-state index contributed by atoms with van der Waals surface area (Å²) in [5, 5.41) is 2.57. The van der Waals surface area contributed by atoms with Crippen LogP contribution in [0.25, 0.3) is 6.08 Å². The molecule has 1 aromatic heterocycles. The first-order valence-electron chi connectivity index (χ1n) is 10.3. The number of ether oxygens (including phenoxy) is 3. The molecule has 2 heterocycles. The number of hydrogen-bond acceptors (Lipinski definition) is 7. The van der Waals surface area contributed by atoms with Gasteiger partial charge in [0.25, 0.3) is 5.91 Å². The van der Waals surface area contributed by atoms with E-state index in [2.05, 4.69) is 41.9 Å². The highest BCUT2D eigenvalue weighted by Crippen LogP contribution is 2.45. The Bertz CT molecular complexity index is 1160. The molecule has 0 radical (unpaired) electrons. The quantitative estimate of drug-likeness (QED) is 0.263. The number of carbonyl (C=O) groups excluding carboxylic acids is 3. The number of urea groups is 1. The number of halogens is 2. The Balaban J connectivity index is 1.90. The number of amides is 3. The van der Waals surface area contributed by atoms with Crippen molar-refractivity contribution in [3.63, 3.8) is 0 Å². The lowest BCUT2D eigenvalue weighted by molar-refractivity contribution is -0.123. The van der Waals surface area contributed by atoms with Crippen LogP contribution >= 0.6 is 31.9 Å². The van der Waals surface area contributed by atoms with Gasteiger partial charge >= 0.3 is 12.0 Å². The van der Waals surface area contributed by atoms with Crippen LogP contribution in [0.4, 0.5) is 4.79 Å². The van der Waals surface area contributed by atoms with Crippen molar-refractivity contribution in [3.8, 4) is 11.5 Å². The summed E-state index contributed by atoms with van der Waals surface area (Å²) in [7, 11) is 1.23. The van der Waals surface area contributed by atoms with Crippen molar-refractivity contribution in [1.82, 2.24) is 10.2 Å². The molecule has 34 heavy (non-hydrogen) atoms. The first-order valence-corrected chi connectivity index (χ1v) is 11.9. The van der Waals surface area contributed by atoms with Gasteiger partial charge in [-0.05, 0) is 89.4 Å². The van der Waals surface area contributed by atoms with Crippen molar-refractivity contribution in [3.05, 3.63) is 49.9 Å². The molecule has 3 rings (SSSR count). The van der Waals surface area contributed by atoms with Gasteiger partial charge < -0.3 is 23.9 Å². The van der Waals surface area contributed by atoms with Gasteiger partial charge in [0, 0.05) is 4.47 Å². The Morgan fingerprint density at radius 1 is 1.21 bits per heavy atom. The highest BCUT2D eigenvalue weighted by atomic mass is 79.9. The van der Waals surface area contributed by atoms with Crippen molar-refractivity contribution < 1.29 is 33.0 Å². The number of carbonyl (C=O) groups is 3. The first kappa shape index (κ1) is 25.8. The largest absolute Gasteiger partial charge is 0.490 e. The molecule has 0 unspecified atom stereocenters. The number of hydrogen-bond donors (Lipinski definition) is 1. The van der Waals surface area contributed by atoms with Crippen molar-refractivity contribution in [2.45, 2.75) is 39.8 Å². The van der Waals surface area contributed by atoms with E-state index in [0.717, 1.165) is 4.90 Å². The molecular formula is C23H24Br2N2O7. The summed E-state index contributed by atoms with van der Waals surface area (Å²) >= 11 is 7.08. The number of nitrogens with one attached hydrogen (secondary N) is 1. The number of esters is 1. The van der Waals surface area contributed by atoms with Gasteiger partial charge in [0.2, 0.25) is 5.76 Å². The lowest BCUT2D eigenvalue weighted by Crippen LogP contribution is -2.30. The summed E-state index contributed by atoms with van der Waals surface area (Å²) in [5.74, 6) is 0.0527. The van der Waals surface area contributed by atoms with Crippen molar-refractivity contribution in [1.29, 1.82) is 0 Å². The third kappa shape index (κ3) is 5.64. The zero-order chi connectivity index (χ0) is 25.2.